The van der Waals surface area contributed by atoms with Crippen LogP contribution in [0.1, 0.15) is 22.3 Å². The minimum absolute atomic E-state index is 0.154. The Balaban J connectivity index is 1.48. The molecule has 0 aromatic heterocycles. The van der Waals surface area contributed by atoms with Crippen molar-refractivity contribution in [3.63, 3.8) is 0 Å². The highest BCUT2D eigenvalue weighted by atomic mass is 16.6. The first-order valence-corrected chi connectivity index (χ1v) is 14.7. The van der Waals surface area contributed by atoms with Crippen LogP contribution in [0.4, 0.5) is 0 Å². The van der Waals surface area contributed by atoms with Crippen molar-refractivity contribution in [1.29, 1.82) is 0 Å². The summed E-state index contributed by atoms with van der Waals surface area (Å²) in [7, 11) is 0. The number of nitrogens with zero attached hydrogens (tertiary/aromatic N) is 3. The zero-order chi connectivity index (χ0) is 30.5. The fourth-order valence-corrected chi connectivity index (χ4v) is 5.24. The van der Waals surface area contributed by atoms with Gasteiger partial charge in [0, 0.05) is 4.91 Å². The van der Waals surface area contributed by atoms with E-state index in [0.717, 1.165) is 22.3 Å². The van der Waals surface area contributed by atoms with Crippen molar-refractivity contribution in [2.75, 3.05) is 6.61 Å². The molecule has 5 rings (SSSR count). The molecule has 8 nitrogen and oxygen atoms in total. The molecule has 0 radical (unpaired) electrons. The van der Waals surface area contributed by atoms with E-state index in [1.54, 1.807) is 0 Å². The van der Waals surface area contributed by atoms with E-state index in [1.807, 2.05) is 121 Å². The fourth-order valence-electron chi connectivity index (χ4n) is 5.24. The van der Waals surface area contributed by atoms with Crippen molar-refractivity contribution >= 4 is 0 Å². The van der Waals surface area contributed by atoms with Crippen LogP contribution in [0.2, 0.25) is 0 Å². The summed E-state index contributed by atoms with van der Waals surface area (Å²) in [5, 5.41) is 4.13. The molecular formula is C36H37N3O5. The van der Waals surface area contributed by atoms with Gasteiger partial charge in [-0.3, -0.25) is 0 Å². The summed E-state index contributed by atoms with van der Waals surface area (Å²) in [6.07, 6.45) is -1.43. The minimum atomic E-state index is -1.59. The van der Waals surface area contributed by atoms with Crippen LogP contribution in [0.3, 0.4) is 0 Å². The molecule has 0 aliphatic carbocycles. The molecule has 0 spiro atoms. The van der Waals surface area contributed by atoms with Gasteiger partial charge in [-0.25, -0.2) is 0 Å². The van der Waals surface area contributed by atoms with Crippen molar-refractivity contribution in [2.24, 2.45) is 5.11 Å². The summed E-state index contributed by atoms with van der Waals surface area (Å²) in [6, 6.07) is 39.4. The lowest BCUT2D eigenvalue weighted by molar-refractivity contribution is -0.293. The van der Waals surface area contributed by atoms with Crippen molar-refractivity contribution in [2.45, 2.75) is 56.6 Å². The van der Waals surface area contributed by atoms with E-state index in [2.05, 4.69) is 16.6 Å². The third-order valence-corrected chi connectivity index (χ3v) is 7.47. The maximum Gasteiger partial charge on any atom is 0.194 e. The Morgan fingerprint density at radius 3 is 1.55 bits per heavy atom. The van der Waals surface area contributed by atoms with Crippen LogP contribution in [-0.2, 0) is 50.1 Å². The number of ether oxygens (including phenoxy) is 5. The standard InChI is InChI=1S/C36H37N3O5/c1-2-36(38-39-37)35(43-26-31-21-13-6-14-22-31)34(42-25-30-19-11-5-12-20-30)33(41-24-29-17-9-4-10-18-29)32(44-36)27-40-23-28-15-7-3-8-16-28/h2-22,32-35H,1,23-27H2/t32?,33-,34?,35?,36+/m1/s1. The second-order valence-electron chi connectivity index (χ2n) is 10.5. The van der Waals surface area contributed by atoms with Crippen LogP contribution in [0.25, 0.3) is 10.4 Å². The fraction of sp³-hybridized carbons (Fsp3) is 0.278. The number of benzene rings is 4. The molecule has 0 bridgehead atoms. The Morgan fingerprint density at radius 1 is 0.659 bits per heavy atom. The van der Waals surface area contributed by atoms with E-state index in [1.165, 1.54) is 6.08 Å². The molecule has 0 amide bonds. The smallest absolute Gasteiger partial charge is 0.194 e. The van der Waals surface area contributed by atoms with Crippen LogP contribution < -0.4 is 0 Å². The predicted octanol–water partition coefficient (Wildman–Crippen LogP) is 7.55. The molecule has 0 N–H and O–H groups in total. The molecule has 226 valence electrons. The normalized spacial score (nSPS) is 23.0. The highest BCUT2D eigenvalue weighted by Gasteiger charge is 2.55. The molecule has 4 aromatic rings. The van der Waals surface area contributed by atoms with Crippen LogP contribution >= 0.6 is 0 Å². The first-order valence-electron chi connectivity index (χ1n) is 14.7. The molecular weight excluding hydrogens is 554 g/mol. The Bertz CT molecular complexity index is 1470. The summed E-state index contributed by atoms with van der Waals surface area (Å²) in [5.74, 6) is 0. The molecule has 0 saturated carbocycles. The van der Waals surface area contributed by atoms with Crippen LogP contribution in [-0.4, -0.2) is 36.7 Å². The molecule has 1 saturated heterocycles. The Morgan fingerprint density at radius 2 is 1.09 bits per heavy atom. The van der Waals surface area contributed by atoms with Gasteiger partial charge in [0.25, 0.3) is 0 Å². The lowest BCUT2D eigenvalue weighted by Gasteiger charge is -2.49. The molecule has 44 heavy (non-hydrogen) atoms. The van der Waals surface area contributed by atoms with Crippen LogP contribution in [0.5, 0.6) is 0 Å². The zero-order valence-electron chi connectivity index (χ0n) is 24.6. The average molecular weight is 592 g/mol. The molecule has 1 aliphatic rings. The first kappa shape index (κ1) is 31.2. The van der Waals surface area contributed by atoms with Gasteiger partial charge >= 0.3 is 0 Å². The molecule has 1 aliphatic heterocycles. The maximum atomic E-state index is 9.71. The van der Waals surface area contributed by atoms with E-state index in [9.17, 15) is 5.53 Å². The minimum Gasteiger partial charge on any atom is -0.374 e. The Hall–Kier alpha value is -4.27. The highest BCUT2D eigenvalue weighted by Crippen LogP contribution is 2.39. The first-order chi connectivity index (χ1) is 21.7. The third kappa shape index (κ3) is 8.21. The van der Waals surface area contributed by atoms with Gasteiger partial charge in [-0.05, 0) is 27.8 Å². The van der Waals surface area contributed by atoms with Gasteiger partial charge in [-0.15, -0.1) is 6.58 Å². The lowest BCUT2D eigenvalue weighted by Crippen LogP contribution is -2.65. The molecule has 3 unspecified atom stereocenters. The largest absolute Gasteiger partial charge is 0.374 e. The monoisotopic (exact) mass is 591 g/mol. The topological polar surface area (TPSA) is 94.9 Å². The third-order valence-electron chi connectivity index (χ3n) is 7.47. The second kappa shape index (κ2) is 16.0. The lowest BCUT2D eigenvalue weighted by atomic mass is 9.90. The van der Waals surface area contributed by atoms with Gasteiger partial charge in [0.15, 0.2) is 5.72 Å². The molecule has 8 heteroatoms. The number of hydrogen-bond donors (Lipinski definition) is 0. The quantitative estimate of drug-likeness (QED) is 0.0616. The summed E-state index contributed by atoms with van der Waals surface area (Å²) in [6.45, 7) is 5.36. The van der Waals surface area contributed by atoms with Gasteiger partial charge in [-0.1, -0.05) is 133 Å². The van der Waals surface area contributed by atoms with Gasteiger partial charge in [0.05, 0.1) is 33.0 Å². The van der Waals surface area contributed by atoms with Gasteiger partial charge in [0.1, 0.15) is 24.4 Å². The van der Waals surface area contributed by atoms with E-state index in [0.29, 0.717) is 13.2 Å². The van der Waals surface area contributed by atoms with Crippen molar-refractivity contribution in [3.05, 3.63) is 167 Å². The van der Waals surface area contributed by atoms with Crippen LogP contribution in [0.15, 0.2) is 139 Å². The van der Waals surface area contributed by atoms with E-state index < -0.39 is 30.1 Å². The van der Waals surface area contributed by atoms with E-state index in [-0.39, 0.29) is 19.8 Å². The molecule has 5 atom stereocenters. The van der Waals surface area contributed by atoms with Crippen molar-refractivity contribution < 1.29 is 23.7 Å². The highest BCUT2D eigenvalue weighted by molar-refractivity contribution is 5.18. The number of hydrogen-bond acceptors (Lipinski definition) is 6. The van der Waals surface area contributed by atoms with Gasteiger partial charge in [0.2, 0.25) is 0 Å². The maximum absolute atomic E-state index is 9.71. The van der Waals surface area contributed by atoms with Crippen molar-refractivity contribution in [1.82, 2.24) is 0 Å². The number of rotatable bonds is 15. The number of azide groups is 1. The van der Waals surface area contributed by atoms with Gasteiger partial charge < -0.3 is 23.7 Å². The Labute approximate surface area is 258 Å². The van der Waals surface area contributed by atoms with Crippen molar-refractivity contribution in [3.8, 4) is 0 Å². The summed E-state index contributed by atoms with van der Waals surface area (Å²) in [5.41, 5.74) is 12.1. The average Bonchev–Trinajstić information content (AvgIpc) is 3.08. The SMILES string of the molecule is C=C[C@]1(N=[N+]=[N-])OC(COCc2ccccc2)[C@@H](OCc2ccccc2)C(OCc2ccccc2)C1OCc1ccccc1. The summed E-state index contributed by atoms with van der Waals surface area (Å²) >= 11 is 0. The second-order valence-corrected chi connectivity index (χ2v) is 10.5. The molecule has 1 heterocycles. The van der Waals surface area contributed by atoms with E-state index >= 15 is 0 Å². The predicted molar refractivity (Wildman–Crippen MR) is 168 cm³/mol. The van der Waals surface area contributed by atoms with E-state index in [4.69, 9.17) is 23.7 Å². The Kier molecular flexibility index (Phi) is 11.3. The van der Waals surface area contributed by atoms with Crippen LogP contribution in [0, 0.1) is 0 Å². The summed E-state index contributed by atoms with van der Waals surface area (Å²) in [4.78, 5) is 3.15. The molecule has 1 fully saturated rings. The molecule has 4 aromatic carbocycles. The summed E-state index contributed by atoms with van der Waals surface area (Å²) < 4.78 is 32.5. The van der Waals surface area contributed by atoms with Gasteiger partial charge in [-0.2, -0.15) is 0 Å². The zero-order valence-corrected chi connectivity index (χ0v) is 24.6.